The molecule has 0 radical (unpaired) electrons. The molecule has 2 heterocycles. The van der Waals surface area contributed by atoms with Gasteiger partial charge in [0.25, 0.3) is 0 Å². The van der Waals surface area contributed by atoms with E-state index >= 15 is 0 Å². The third-order valence-corrected chi connectivity index (χ3v) is 5.97. The molecule has 0 aliphatic rings. The Morgan fingerprint density at radius 2 is 2.00 bits per heavy atom. The van der Waals surface area contributed by atoms with E-state index < -0.39 is 11.6 Å². The second-order valence-electron chi connectivity index (χ2n) is 8.60. The van der Waals surface area contributed by atoms with Crippen LogP contribution in [-0.4, -0.2) is 26.6 Å². The van der Waals surface area contributed by atoms with Gasteiger partial charge in [0, 0.05) is 23.0 Å². The second kappa shape index (κ2) is 10.5. The average molecular weight is 540 g/mol. The number of hydrogen-bond acceptors (Lipinski definition) is 7. The first-order valence-corrected chi connectivity index (χ1v) is 11.9. The zero-order valence-electron chi connectivity index (χ0n) is 19.6. The molecule has 35 heavy (non-hydrogen) atoms. The third-order valence-electron chi connectivity index (χ3n) is 5.48. The zero-order chi connectivity index (χ0) is 25.0. The van der Waals surface area contributed by atoms with Gasteiger partial charge in [-0.1, -0.05) is 34.1 Å². The Bertz CT molecular complexity index is 1280. The second-order valence-corrected chi connectivity index (χ2v) is 9.52. The van der Waals surface area contributed by atoms with Crippen LogP contribution in [-0.2, 0) is 17.8 Å². The van der Waals surface area contributed by atoms with Gasteiger partial charge in [-0.05, 0) is 56.7 Å². The molecule has 2 aromatic carbocycles. The number of ether oxygens (including phenoxy) is 1. The van der Waals surface area contributed by atoms with Crippen LogP contribution in [0.25, 0.3) is 11.5 Å². The van der Waals surface area contributed by atoms with Gasteiger partial charge in [0.2, 0.25) is 11.8 Å². The van der Waals surface area contributed by atoms with Crippen LogP contribution in [0.15, 0.2) is 74.3 Å². The average Bonchev–Trinajstić information content (AvgIpc) is 3.47. The van der Waals surface area contributed by atoms with Crippen molar-refractivity contribution >= 4 is 21.9 Å². The number of aryl methyl sites for hydroxylation is 1. The molecular weight excluding hydrogens is 514 g/mol. The number of aliphatic carboxylic acids is 1. The highest BCUT2D eigenvalue weighted by Gasteiger charge is 2.29. The van der Waals surface area contributed by atoms with Crippen molar-refractivity contribution in [2.45, 2.75) is 45.4 Å². The molecule has 2 N–H and O–H groups in total. The highest BCUT2D eigenvalue weighted by atomic mass is 79.9. The molecular formula is C26H26BrN3O5. The summed E-state index contributed by atoms with van der Waals surface area (Å²) in [6.07, 6.45) is 3.68. The molecule has 1 unspecified atom stereocenters. The quantitative estimate of drug-likeness (QED) is 0.263. The SMILES string of the molecule is Cc1oc(-c2cccc(Br)c2)nc1CC(NCc1ccc(OC(C)(C)C(=O)O)cc1)c1ncco1. The van der Waals surface area contributed by atoms with Gasteiger partial charge < -0.3 is 24.0 Å². The van der Waals surface area contributed by atoms with Crippen molar-refractivity contribution in [1.29, 1.82) is 0 Å². The number of carboxylic acids is 1. The minimum atomic E-state index is -1.31. The molecule has 0 spiro atoms. The first-order chi connectivity index (χ1) is 16.7. The number of rotatable bonds is 10. The molecule has 0 aliphatic heterocycles. The molecule has 2 aromatic heterocycles. The van der Waals surface area contributed by atoms with Gasteiger partial charge in [0.1, 0.15) is 17.8 Å². The molecule has 0 aliphatic carbocycles. The van der Waals surface area contributed by atoms with E-state index in [1.165, 1.54) is 13.8 Å². The Balaban J connectivity index is 1.46. The van der Waals surface area contributed by atoms with Crippen LogP contribution >= 0.6 is 15.9 Å². The Hall–Kier alpha value is -3.43. The predicted molar refractivity (Wildman–Crippen MR) is 133 cm³/mol. The summed E-state index contributed by atoms with van der Waals surface area (Å²) >= 11 is 3.48. The van der Waals surface area contributed by atoms with Crippen LogP contribution < -0.4 is 10.1 Å². The number of carboxylic acid groups (broad SMARTS) is 1. The van der Waals surface area contributed by atoms with Gasteiger partial charge in [0.15, 0.2) is 5.60 Å². The Labute approximate surface area is 211 Å². The summed E-state index contributed by atoms with van der Waals surface area (Å²) in [5.74, 6) is 1.32. The topological polar surface area (TPSA) is 111 Å². The summed E-state index contributed by atoms with van der Waals surface area (Å²) in [6.45, 7) is 5.46. The summed E-state index contributed by atoms with van der Waals surface area (Å²) in [6, 6.07) is 14.9. The van der Waals surface area contributed by atoms with Crippen molar-refractivity contribution < 1.29 is 23.5 Å². The minimum Gasteiger partial charge on any atom is -0.478 e. The standard InChI is InChI=1S/C26H26BrN3O5/c1-16-21(30-23(34-16)18-5-4-6-19(27)13-18)14-22(24-28-11-12-33-24)29-15-17-7-9-20(10-8-17)35-26(2,3)25(31)32/h4-13,22,29H,14-15H2,1-3H3,(H,31,32). The van der Waals surface area contributed by atoms with Crippen LogP contribution in [0.2, 0.25) is 0 Å². The lowest BCUT2D eigenvalue weighted by Gasteiger charge is -2.21. The molecule has 0 saturated heterocycles. The van der Waals surface area contributed by atoms with Gasteiger partial charge in [-0.3, -0.25) is 0 Å². The Morgan fingerprint density at radius 1 is 1.23 bits per heavy atom. The van der Waals surface area contributed by atoms with E-state index in [0.29, 0.717) is 30.5 Å². The van der Waals surface area contributed by atoms with E-state index in [4.69, 9.17) is 18.6 Å². The fourth-order valence-corrected chi connectivity index (χ4v) is 3.86. The van der Waals surface area contributed by atoms with Gasteiger partial charge in [-0.15, -0.1) is 0 Å². The number of benzene rings is 2. The number of hydrogen-bond donors (Lipinski definition) is 2. The van der Waals surface area contributed by atoms with Crippen molar-refractivity contribution in [1.82, 2.24) is 15.3 Å². The largest absolute Gasteiger partial charge is 0.478 e. The van der Waals surface area contributed by atoms with Crippen LogP contribution in [0.1, 0.15) is 42.8 Å². The van der Waals surface area contributed by atoms with Gasteiger partial charge in [-0.2, -0.15) is 0 Å². The van der Waals surface area contributed by atoms with E-state index in [1.807, 2.05) is 43.3 Å². The molecule has 4 aromatic rings. The number of nitrogens with one attached hydrogen (secondary N) is 1. The maximum atomic E-state index is 11.3. The van der Waals surface area contributed by atoms with Crippen LogP contribution in [0.3, 0.4) is 0 Å². The fraction of sp³-hybridized carbons (Fsp3) is 0.269. The number of carbonyl (C=O) groups is 1. The number of aromatic nitrogens is 2. The molecule has 0 fully saturated rings. The van der Waals surface area contributed by atoms with Crippen LogP contribution in [0, 0.1) is 6.92 Å². The Kier molecular flexibility index (Phi) is 7.37. The maximum Gasteiger partial charge on any atom is 0.347 e. The van der Waals surface area contributed by atoms with Crippen molar-refractivity contribution in [3.05, 3.63) is 88.4 Å². The van der Waals surface area contributed by atoms with Gasteiger partial charge in [-0.25, -0.2) is 14.8 Å². The maximum absolute atomic E-state index is 11.3. The fourth-order valence-electron chi connectivity index (χ4n) is 3.46. The normalized spacial score (nSPS) is 12.5. The lowest BCUT2D eigenvalue weighted by molar-refractivity contribution is -0.152. The molecule has 9 heteroatoms. The van der Waals surface area contributed by atoms with Crippen molar-refractivity contribution in [2.24, 2.45) is 0 Å². The zero-order valence-corrected chi connectivity index (χ0v) is 21.2. The summed E-state index contributed by atoms with van der Waals surface area (Å²) < 4.78 is 18.1. The van der Waals surface area contributed by atoms with Crippen LogP contribution in [0.5, 0.6) is 5.75 Å². The molecule has 0 bridgehead atoms. The Morgan fingerprint density at radius 3 is 2.66 bits per heavy atom. The molecule has 0 saturated carbocycles. The summed E-state index contributed by atoms with van der Waals surface area (Å²) in [5.41, 5.74) is 1.40. The van der Waals surface area contributed by atoms with E-state index in [1.54, 1.807) is 24.6 Å². The van der Waals surface area contributed by atoms with Crippen LogP contribution in [0.4, 0.5) is 0 Å². The van der Waals surface area contributed by atoms with E-state index in [9.17, 15) is 9.90 Å². The lowest BCUT2D eigenvalue weighted by Crippen LogP contribution is -2.37. The van der Waals surface area contributed by atoms with E-state index in [0.717, 1.165) is 27.1 Å². The van der Waals surface area contributed by atoms with Crippen molar-refractivity contribution in [3.8, 4) is 17.2 Å². The third kappa shape index (κ3) is 6.17. The number of halogens is 1. The monoisotopic (exact) mass is 539 g/mol. The minimum absolute atomic E-state index is 0.231. The lowest BCUT2D eigenvalue weighted by atomic mass is 10.1. The van der Waals surface area contributed by atoms with Crippen molar-refractivity contribution in [3.63, 3.8) is 0 Å². The molecule has 8 nitrogen and oxygen atoms in total. The number of oxazole rings is 2. The first-order valence-electron chi connectivity index (χ1n) is 11.1. The highest BCUT2D eigenvalue weighted by molar-refractivity contribution is 9.10. The summed E-state index contributed by atoms with van der Waals surface area (Å²) in [4.78, 5) is 20.3. The first kappa shape index (κ1) is 24.7. The van der Waals surface area contributed by atoms with E-state index in [2.05, 4.69) is 26.2 Å². The van der Waals surface area contributed by atoms with Crippen molar-refractivity contribution in [2.75, 3.05) is 0 Å². The molecule has 1 atom stereocenters. The van der Waals surface area contributed by atoms with Gasteiger partial charge in [0.05, 0.1) is 17.9 Å². The molecule has 4 rings (SSSR count). The highest BCUT2D eigenvalue weighted by Crippen LogP contribution is 2.27. The predicted octanol–water partition coefficient (Wildman–Crippen LogP) is 5.72. The van der Waals surface area contributed by atoms with Gasteiger partial charge >= 0.3 is 5.97 Å². The molecule has 182 valence electrons. The summed E-state index contributed by atoms with van der Waals surface area (Å²) in [7, 11) is 0. The van der Waals surface area contributed by atoms with E-state index in [-0.39, 0.29) is 6.04 Å². The molecule has 0 amide bonds. The number of nitrogens with zero attached hydrogens (tertiary/aromatic N) is 2. The smallest absolute Gasteiger partial charge is 0.347 e. The summed E-state index contributed by atoms with van der Waals surface area (Å²) in [5, 5.41) is 12.7.